The summed E-state index contributed by atoms with van der Waals surface area (Å²) in [7, 11) is 0. The van der Waals surface area contributed by atoms with E-state index in [1.165, 1.54) is 18.4 Å². The highest BCUT2D eigenvalue weighted by atomic mass is 14.0. The average molecular weight is 226 g/mol. The fourth-order valence-corrected chi connectivity index (χ4v) is 1.55. The molecule has 1 atom stereocenters. The summed E-state index contributed by atoms with van der Waals surface area (Å²) in [4.78, 5) is 0. The lowest BCUT2D eigenvalue weighted by Crippen LogP contribution is -1.88. The van der Waals surface area contributed by atoms with E-state index < -0.39 is 0 Å². The predicted octanol–water partition coefficient (Wildman–Crippen LogP) is 4.92. The molecule has 0 spiro atoms. The largest absolute Gasteiger partial charge is 0.103 e. The fourth-order valence-electron chi connectivity index (χ4n) is 1.55. The SMILES string of the molecule is CCCCC#CC(/C=C/c1ccccc1)CC. The quantitative estimate of drug-likeness (QED) is 0.494. The average Bonchev–Trinajstić information content (AvgIpc) is 2.39. The molecule has 0 bridgehead atoms. The molecule has 0 heteroatoms. The molecule has 17 heavy (non-hydrogen) atoms. The van der Waals surface area contributed by atoms with Gasteiger partial charge in [0.15, 0.2) is 0 Å². The van der Waals surface area contributed by atoms with Crippen LogP contribution in [0.3, 0.4) is 0 Å². The van der Waals surface area contributed by atoms with Crippen LogP contribution in [0, 0.1) is 17.8 Å². The fraction of sp³-hybridized carbons (Fsp3) is 0.412. The van der Waals surface area contributed by atoms with Crippen LogP contribution in [0.2, 0.25) is 0 Å². The van der Waals surface area contributed by atoms with Crippen molar-refractivity contribution in [2.45, 2.75) is 39.5 Å². The summed E-state index contributed by atoms with van der Waals surface area (Å²) >= 11 is 0. The zero-order valence-electron chi connectivity index (χ0n) is 10.9. The minimum atomic E-state index is 0.395. The highest BCUT2D eigenvalue weighted by Crippen LogP contribution is 2.08. The molecule has 0 aliphatic heterocycles. The van der Waals surface area contributed by atoms with Crippen molar-refractivity contribution in [1.82, 2.24) is 0 Å². The first-order valence-corrected chi connectivity index (χ1v) is 6.58. The summed E-state index contributed by atoms with van der Waals surface area (Å²) in [5, 5.41) is 0. The summed E-state index contributed by atoms with van der Waals surface area (Å²) < 4.78 is 0. The van der Waals surface area contributed by atoms with Crippen molar-refractivity contribution in [3.05, 3.63) is 42.0 Å². The Morgan fingerprint density at radius 3 is 2.59 bits per heavy atom. The van der Waals surface area contributed by atoms with Crippen LogP contribution in [0.15, 0.2) is 36.4 Å². The predicted molar refractivity (Wildman–Crippen MR) is 76.6 cm³/mol. The molecule has 0 heterocycles. The van der Waals surface area contributed by atoms with Gasteiger partial charge in [-0.15, -0.1) is 5.92 Å². The first kappa shape index (κ1) is 13.6. The molecule has 0 aliphatic rings. The lowest BCUT2D eigenvalue weighted by atomic mass is 10.0. The van der Waals surface area contributed by atoms with Crippen LogP contribution in [-0.2, 0) is 0 Å². The van der Waals surface area contributed by atoms with Gasteiger partial charge >= 0.3 is 0 Å². The van der Waals surface area contributed by atoms with Gasteiger partial charge in [-0.1, -0.05) is 68.7 Å². The van der Waals surface area contributed by atoms with Crippen LogP contribution >= 0.6 is 0 Å². The molecular weight excluding hydrogens is 204 g/mol. The van der Waals surface area contributed by atoms with Gasteiger partial charge in [-0.3, -0.25) is 0 Å². The Morgan fingerprint density at radius 1 is 1.18 bits per heavy atom. The Labute approximate surface area is 106 Å². The third-order valence-corrected chi connectivity index (χ3v) is 2.70. The molecule has 0 saturated carbocycles. The summed E-state index contributed by atoms with van der Waals surface area (Å²) in [5.41, 5.74) is 1.25. The normalized spacial score (nSPS) is 12.1. The van der Waals surface area contributed by atoms with Gasteiger partial charge in [0, 0.05) is 12.3 Å². The van der Waals surface area contributed by atoms with Gasteiger partial charge in [0.05, 0.1) is 0 Å². The number of allylic oxidation sites excluding steroid dienone is 1. The Bertz CT molecular complexity index is 375. The number of benzene rings is 1. The van der Waals surface area contributed by atoms with Crippen LogP contribution in [0.4, 0.5) is 0 Å². The van der Waals surface area contributed by atoms with Crippen LogP contribution in [0.1, 0.15) is 45.1 Å². The highest BCUT2D eigenvalue weighted by molar-refractivity contribution is 5.49. The van der Waals surface area contributed by atoms with Gasteiger partial charge in [-0.25, -0.2) is 0 Å². The van der Waals surface area contributed by atoms with Crippen molar-refractivity contribution in [3.8, 4) is 11.8 Å². The third kappa shape index (κ3) is 5.97. The summed E-state index contributed by atoms with van der Waals surface area (Å²) in [6.07, 6.45) is 8.95. The molecule has 0 aromatic heterocycles. The zero-order chi connectivity index (χ0) is 12.3. The smallest absolute Gasteiger partial charge is 0.0383 e. The summed E-state index contributed by atoms with van der Waals surface area (Å²) in [6, 6.07) is 10.4. The van der Waals surface area contributed by atoms with Gasteiger partial charge in [-0.05, 0) is 18.4 Å². The van der Waals surface area contributed by atoms with E-state index in [-0.39, 0.29) is 0 Å². The second-order valence-electron chi connectivity index (χ2n) is 4.21. The maximum absolute atomic E-state index is 3.34. The van der Waals surface area contributed by atoms with E-state index in [4.69, 9.17) is 0 Å². The van der Waals surface area contributed by atoms with Crippen molar-refractivity contribution in [2.75, 3.05) is 0 Å². The number of hydrogen-bond acceptors (Lipinski definition) is 0. The van der Waals surface area contributed by atoms with E-state index in [0.717, 1.165) is 12.8 Å². The van der Waals surface area contributed by atoms with E-state index in [9.17, 15) is 0 Å². The number of hydrogen-bond donors (Lipinski definition) is 0. The Kier molecular flexibility index (Phi) is 6.91. The first-order valence-electron chi connectivity index (χ1n) is 6.58. The Balaban J connectivity index is 2.51. The molecular formula is C17H22. The number of rotatable bonds is 5. The topological polar surface area (TPSA) is 0 Å². The van der Waals surface area contributed by atoms with E-state index in [0.29, 0.717) is 5.92 Å². The maximum Gasteiger partial charge on any atom is 0.0383 e. The van der Waals surface area contributed by atoms with Crippen molar-refractivity contribution in [2.24, 2.45) is 5.92 Å². The van der Waals surface area contributed by atoms with Gasteiger partial charge in [0.1, 0.15) is 0 Å². The Morgan fingerprint density at radius 2 is 1.94 bits per heavy atom. The summed E-state index contributed by atoms with van der Waals surface area (Å²) in [5.74, 6) is 7.01. The van der Waals surface area contributed by atoms with Gasteiger partial charge in [0.25, 0.3) is 0 Å². The van der Waals surface area contributed by atoms with Crippen molar-refractivity contribution in [1.29, 1.82) is 0 Å². The standard InChI is InChI=1S/C17H22/c1-3-5-6-8-11-16(4-2)14-15-17-12-9-7-10-13-17/h7,9-10,12-16H,3-6H2,1-2H3/b15-14+. The second kappa shape index (κ2) is 8.65. The molecule has 1 aromatic rings. The van der Waals surface area contributed by atoms with Crippen LogP contribution in [0.5, 0.6) is 0 Å². The molecule has 0 amide bonds. The third-order valence-electron chi connectivity index (χ3n) is 2.70. The maximum atomic E-state index is 3.34. The molecule has 0 fully saturated rings. The van der Waals surface area contributed by atoms with E-state index in [1.807, 2.05) is 6.07 Å². The highest BCUT2D eigenvalue weighted by Gasteiger charge is 1.95. The van der Waals surface area contributed by atoms with Gasteiger partial charge in [0.2, 0.25) is 0 Å². The molecule has 1 aromatic carbocycles. The van der Waals surface area contributed by atoms with Crippen molar-refractivity contribution in [3.63, 3.8) is 0 Å². The number of unbranched alkanes of at least 4 members (excludes halogenated alkanes) is 2. The molecule has 1 rings (SSSR count). The molecule has 0 radical (unpaired) electrons. The molecule has 90 valence electrons. The van der Waals surface area contributed by atoms with Crippen LogP contribution < -0.4 is 0 Å². The molecule has 0 N–H and O–H groups in total. The van der Waals surface area contributed by atoms with E-state index in [2.05, 4.69) is 62.1 Å². The lowest BCUT2D eigenvalue weighted by molar-refractivity contribution is 0.794. The van der Waals surface area contributed by atoms with E-state index in [1.54, 1.807) is 0 Å². The second-order valence-corrected chi connectivity index (χ2v) is 4.21. The minimum absolute atomic E-state index is 0.395. The van der Waals surface area contributed by atoms with Crippen molar-refractivity contribution < 1.29 is 0 Å². The van der Waals surface area contributed by atoms with Crippen LogP contribution in [0.25, 0.3) is 6.08 Å². The van der Waals surface area contributed by atoms with Crippen molar-refractivity contribution >= 4 is 6.08 Å². The van der Waals surface area contributed by atoms with Gasteiger partial charge < -0.3 is 0 Å². The van der Waals surface area contributed by atoms with Crippen LogP contribution in [-0.4, -0.2) is 0 Å². The summed E-state index contributed by atoms with van der Waals surface area (Å²) in [6.45, 7) is 4.39. The minimum Gasteiger partial charge on any atom is -0.103 e. The Hall–Kier alpha value is -1.48. The monoisotopic (exact) mass is 226 g/mol. The molecule has 0 aliphatic carbocycles. The zero-order valence-corrected chi connectivity index (χ0v) is 10.9. The van der Waals surface area contributed by atoms with E-state index >= 15 is 0 Å². The lowest BCUT2D eigenvalue weighted by Gasteiger charge is -2.00. The first-order chi connectivity index (χ1) is 8.36. The molecule has 0 saturated heterocycles. The molecule has 1 unspecified atom stereocenters. The molecule has 0 nitrogen and oxygen atoms in total. The van der Waals surface area contributed by atoms with Gasteiger partial charge in [-0.2, -0.15) is 0 Å².